The highest BCUT2D eigenvalue weighted by Gasteiger charge is 2.26. The van der Waals surface area contributed by atoms with Crippen LogP contribution in [0.3, 0.4) is 0 Å². The number of likely N-dealkylation sites (tertiary alicyclic amines) is 1. The van der Waals surface area contributed by atoms with Gasteiger partial charge in [0.1, 0.15) is 17.4 Å². The molecule has 5 heteroatoms. The SMILES string of the molecule is CC(C)(C)OC(=O)N1CCC(CCC=Cc2ccnc(C#N)c2)CC1. The van der Waals surface area contributed by atoms with Gasteiger partial charge in [-0.3, -0.25) is 0 Å². The summed E-state index contributed by atoms with van der Waals surface area (Å²) in [6.07, 6.45) is 9.83. The fraction of sp³-hybridized carbons (Fsp3) is 0.550. The number of hydrogen-bond donors (Lipinski definition) is 0. The van der Waals surface area contributed by atoms with E-state index in [1.165, 1.54) is 0 Å². The van der Waals surface area contributed by atoms with E-state index in [1.807, 2.05) is 43.9 Å². The number of amides is 1. The van der Waals surface area contributed by atoms with Crippen LogP contribution in [0.25, 0.3) is 6.08 Å². The molecule has 5 nitrogen and oxygen atoms in total. The largest absolute Gasteiger partial charge is 0.444 e. The number of ether oxygens (including phenoxy) is 1. The Balaban J connectivity index is 1.71. The Morgan fingerprint density at radius 1 is 1.44 bits per heavy atom. The van der Waals surface area contributed by atoms with Crippen LogP contribution in [0.2, 0.25) is 0 Å². The van der Waals surface area contributed by atoms with E-state index < -0.39 is 5.60 Å². The van der Waals surface area contributed by atoms with E-state index in [-0.39, 0.29) is 6.09 Å². The van der Waals surface area contributed by atoms with Crippen molar-refractivity contribution >= 4 is 12.2 Å². The highest BCUT2D eigenvalue weighted by molar-refractivity contribution is 5.68. The second-order valence-electron chi connectivity index (χ2n) is 7.48. The monoisotopic (exact) mass is 341 g/mol. The molecule has 2 heterocycles. The van der Waals surface area contributed by atoms with E-state index in [4.69, 9.17) is 10.00 Å². The normalized spacial score (nSPS) is 16.0. The molecule has 134 valence electrons. The average molecular weight is 341 g/mol. The molecule has 0 atom stereocenters. The van der Waals surface area contributed by atoms with E-state index in [0.29, 0.717) is 11.6 Å². The minimum Gasteiger partial charge on any atom is -0.444 e. The number of carbonyl (C=O) groups excluding carboxylic acids is 1. The van der Waals surface area contributed by atoms with Crippen molar-refractivity contribution in [2.24, 2.45) is 5.92 Å². The van der Waals surface area contributed by atoms with Gasteiger partial charge in [0.2, 0.25) is 0 Å². The molecule has 1 saturated heterocycles. The maximum absolute atomic E-state index is 12.1. The summed E-state index contributed by atoms with van der Waals surface area (Å²) in [5.41, 5.74) is 1.01. The third-order valence-electron chi connectivity index (χ3n) is 4.22. The third-order valence-corrected chi connectivity index (χ3v) is 4.22. The van der Waals surface area contributed by atoms with Gasteiger partial charge in [0.15, 0.2) is 0 Å². The molecular formula is C20H27N3O2. The Bertz CT molecular complexity index is 648. The predicted molar refractivity (Wildman–Crippen MR) is 97.8 cm³/mol. The molecule has 1 fully saturated rings. The van der Waals surface area contributed by atoms with E-state index in [0.717, 1.165) is 44.3 Å². The number of rotatable bonds is 4. The van der Waals surface area contributed by atoms with Crippen LogP contribution in [-0.2, 0) is 4.74 Å². The lowest BCUT2D eigenvalue weighted by Crippen LogP contribution is -2.41. The van der Waals surface area contributed by atoms with Crippen molar-refractivity contribution in [1.82, 2.24) is 9.88 Å². The number of allylic oxidation sites excluding steroid dienone is 1. The molecule has 1 amide bonds. The first-order valence-corrected chi connectivity index (χ1v) is 8.88. The van der Waals surface area contributed by atoms with Crippen LogP contribution in [0.15, 0.2) is 24.4 Å². The summed E-state index contributed by atoms with van der Waals surface area (Å²) in [5.74, 6) is 0.649. The van der Waals surface area contributed by atoms with E-state index in [2.05, 4.69) is 11.1 Å². The minimum absolute atomic E-state index is 0.197. The molecule has 0 aliphatic carbocycles. The maximum Gasteiger partial charge on any atom is 0.410 e. The molecule has 1 aliphatic rings. The fourth-order valence-electron chi connectivity index (χ4n) is 2.89. The highest BCUT2D eigenvalue weighted by Crippen LogP contribution is 2.23. The standard InChI is InChI=1S/C20H27N3O2/c1-20(2,3)25-19(24)23-12-9-16(10-13-23)6-4-5-7-17-8-11-22-18(14-17)15-21/h5,7-8,11,14,16H,4,6,9-10,12-13H2,1-3H3. The Labute approximate surface area is 150 Å². The zero-order valence-electron chi connectivity index (χ0n) is 15.4. The molecule has 1 aromatic rings. The predicted octanol–water partition coefficient (Wildman–Crippen LogP) is 4.39. The van der Waals surface area contributed by atoms with Gasteiger partial charge in [-0.05, 0) is 70.1 Å². The molecular weight excluding hydrogens is 314 g/mol. The summed E-state index contributed by atoms with van der Waals surface area (Å²) >= 11 is 0. The van der Waals surface area contributed by atoms with Gasteiger partial charge in [-0.2, -0.15) is 5.26 Å². The molecule has 0 N–H and O–H groups in total. The first kappa shape index (κ1) is 19.0. The molecule has 0 spiro atoms. The van der Waals surface area contributed by atoms with Gasteiger partial charge >= 0.3 is 6.09 Å². The van der Waals surface area contributed by atoms with E-state index >= 15 is 0 Å². The summed E-state index contributed by atoms with van der Waals surface area (Å²) in [5, 5.41) is 8.85. The van der Waals surface area contributed by atoms with Gasteiger partial charge < -0.3 is 9.64 Å². The lowest BCUT2D eigenvalue weighted by molar-refractivity contribution is 0.0181. The molecule has 0 bridgehead atoms. The molecule has 0 aromatic carbocycles. The van der Waals surface area contributed by atoms with Crippen molar-refractivity contribution in [3.63, 3.8) is 0 Å². The Kier molecular flexibility index (Phi) is 6.58. The van der Waals surface area contributed by atoms with Crippen LogP contribution >= 0.6 is 0 Å². The lowest BCUT2D eigenvalue weighted by Gasteiger charge is -2.33. The summed E-state index contributed by atoms with van der Waals surface area (Å²) in [7, 11) is 0. The van der Waals surface area contributed by atoms with Crippen molar-refractivity contribution < 1.29 is 9.53 Å². The summed E-state index contributed by atoms with van der Waals surface area (Å²) in [6.45, 7) is 7.24. The number of nitriles is 1. The van der Waals surface area contributed by atoms with Crippen LogP contribution < -0.4 is 0 Å². The summed E-state index contributed by atoms with van der Waals surface area (Å²) in [6, 6.07) is 5.74. The van der Waals surface area contributed by atoms with Crippen molar-refractivity contribution in [2.75, 3.05) is 13.1 Å². The van der Waals surface area contributed by atoms with Gasteiger partial charge in [-0.1, -0.05) is 12.2 Å². The first-order valence-electron chi connectivity index (χ1n) is 8.88. The van der Waals surface area contributed by atoms with Gasteiger partial charge in [0.05, 0.1) is 0 Å². The number of nitrogens with zero attached hydrogens (tertiary/aromatic N) is 3. The Morgan fingerprint density at radius 2 is 2.16 bits per heavy atom. The molecule has 0 unspecified atom stereocenters. The number of hydrogen-bond acceptors (Lipinski definition) is 4. The number of aromatic nitrogens is 1. The topological polar surface area (TPSA) is 66.2 Å². The second kappa shape index (κ2) is 8.66. The zero-order valence-corrected chi connectivity index (χ0v) is 15.4. The van der Waals surface area contributed by atoms with Crippen molar-refractivity contribution in [3.05, 3.63) is 35.7 Å². The van der Waals surface area contributed by atoms with Crippen LogP contribution in [0.4, 0.5) is 4.79 Å². The minimum atomic E-state index is -0.433. The Morgan fingerprint density at radius 3 is 2.80 bits per heavy atom. The molecule has 0 radical (unpaired) electrons. The molecule has 0 saturated carbocycles. The van der Waals surface area contributed by atoms with Gasteiger partial charge in [-0.15, -0.1) is 0 Å². The van der Waals surface area contributed by atoms with Gasteiger partial charge in [0.25, 0.3) is 0 Å². The molecule has 25 heavy (non-hydrogen) atoms. The number of carbonyl (C=O) groups is 1. The van der Waals surface area contributed by atoms with E-state index in [1.54, 1.807) is 12.3 Å². The zero-order chi connectivity index (χ0) is 18.3. The smallest absolute Gasteiger partial charge is 0.410 e. The average Bonchev–Trinajstić information content (AvgIpc) is 2.58. The quantitative estimate of drug-likeness (QED) is 0.814. The van der Waals surface area contributed by atoms with Gasteiger partial charge in [-0.25, -0.2) is 9.78 Å². The van der Waals surface area contributed by atoms with Crippen molar-refractivity contribution in [1.29, 1.82) is 5.26 Å². The Hall–Kier alpha value is -2.35. The second-order valence-corrected chi connectivity index (χ2v) is 7.48. The number of piperidine rings is 1. The van der Waals surface area contributed by atoms with Gasteiger partial charge in [0, 0.05) is 19.3 Å². The summed E-state index contributed by atoms with van der Waals surface area (Å²) < 4.78 is 5.43. The first-order chi connectivity index (χ1) is 11.9. The maximum atomic E-state index is 12.1. The molecule has 2 rings (SSSR count). The van der Waals surface area contributed by atoms with Crippen LogP contribution in [-0.4, -0.2) is 34.7 Å². The van der Waals surface area contributed by atoms with Crippen LogP contribution in [0, 0.1) is 17.2 Å². The van der Waals surface area contributed by atoms with Crippen molar-refractivity contribution in [3.8, 4) is 6.07 Å². The molecule has 1 aromatic heterocycles. The van der Waals surface area contributed by atoms with E-state index in [9.17, 15) is 4.79 Å². The fourth-order valence-corrected chi connectivity index (χ4v) is 2.89. The van der Waals surface area contributed by atoms with Crippen molar-refractivity contribution in [2.45, 2.75) is 52.1 Å². The lowest BCUT2D eigenvalue weighted by atomic mass is 9.92. The summed E-state index contributed by atoms with van der Waals surface area (Å²) in [4.78, 5) is 17.8. The number of pyridine rings is 1. The van der Waals surface area contributed by atoms with Crippen LogP contribution in [0.1, 0.15) is 57.7 Å². The molecule has 1 aliphatic heterocycles. The third kappa shape index (κ3) is 6.58. The van der Waals surface area contributed by atoms with Crippen LogP contribution in [0.5, 0.6) is 0 Å². The highest BCUT2D eigenvalue weighted by atomic mass is 16.6.